The molecule has 1 heterocycles. The Morgan fingerprint density at radius 1 is 1.11 bits per heavy atom. The summed E-state index contributed by atoms with van der Waals surface area (Å²) in [6.45, 7) is 0.141. The lowest BCUT2D eigenvalue weighted by atomic mass is 10.0. The molecule has 0 saturated carbocycles. The number of benzene rings is 2. The summed E-state index contributed by atoms with van der Waals surface area (Å²) in [5.41, 5.74) is -0.401. The van der Waals surface area contributed by atoms with Gasteiger partial charge in [0.15, 0.2) is 9.84 Å². The predicted octanol–water partition coefficient (Wildman–Crippen LogP) is 5.30. The average molecular weight is 467 g/mol. The molecule has 0 bridgehead atoms. The van der Waals surface area contributed by atoms with Gasteiger partial charge in [-0.1, -0.05) is 12.1 Å². The van der Waals surface area contributed by atoms with Crippen LogP contribution in [-0.4, -0.2) is 20.3 Å². The van der Waals surface area contributed by atoms with Crippen LogP contribution in [0.2, 0.25) is 0 Å². The molecule has 1 aliphatic heterocycles. The number of alkyl halides is 3. The van der Waals surface area contributed by atoms with Crippen molar-refractivity contribution in [2.45, 2.75) is 35.3 Å². The zero-order valence-electron chi connectivity index (χ0n) is 13.8. The first-order chi connectivity index (χ1) is 12.6. The first kappa shape index (κ1) is 20.3. The van der Waals surface area contributed by atoms with E-state index in [2.05, 4.69) is 15.9 Å². The van der Waals surface area contributed by atoms with Crippen molar-refractivity contribution in [3.63, 3.8) is 0 Å². The summed E-state index contributed by atoms with van der Waals surface area (Å²) in [6, 6.07) is 8.01. The monoisotopic (exact) mass is 466 g/mol. The summed E-state index contributed by atoms with van der Waals surface area (Å²) in [5.74, 6) is -0.456. The number of hydrogen-bond donors (Lipinski definition) is 0. The van der Waals surface area contributed by atoms with Crippen molar-refractivity contribution in [2.75, 3.05) is 6.61 Å². The largest absolute Gasteiger partial charge is 0.416 e. The van der Waals surface area contributed by atoms with E-state index in [0.717, 1.165) is 12.1 Å². The topological polar surface area (TPSA) is 43.4 Å². The minimum Gasteiger partial charge on any atom is -0.373 e. The first-order valence-electron chi connectivity index (χ1n) is 8.07. The molecule has 1 saturated heterocycles. The van der Waals surface area contributed by atoms with Crippen LogP contribution in [0, 0.1) is 5.82 Å². The van der Waals surface area contributed by atoms with Gasteiger partial charge >= 0.3 is 6.18 Å². The molecule has 3 nitrogen and oxygen atoms in total. The number of sulfone groups is 1. The fourth-order valence-corrected chi connectivity index (χ4v) is 5.21. The SMILES string of the molecule is O=S(=O)(c1cccc(C(F)(F)F)c1)C1CCOC(c2ccc(F)c(Br)c2)C1. The van der Waals surface area contributed by atoms with Gasteiger partial charge in [0, 0.05) is 6.61 Å². The van der Waals surface area contributed by atoms with Gasteiger partial charge in [0.05, 0.1) is 26.3 Å². The summed E-state index contributed by atoms with van der Waals surface area (Å²) in [4.78, 5) is -0.358. The molecule has 0 spiro atoms. The van der Waals surface area contributed by atoms with Crippen LogP contribution >= 0.6 is 15.9 Å². The van der Waals surface area contributed by atoms with E-state index in [1.54, 1.807) is 0 Å². The van der Waals surface area contributed by atoms with E-state index in [4.69, 9.17) is 4.74 Å². The van der Waals surface area contributed by atoms with Crippen molar-refractivity contribution in [1.29, 1.82) is 0 Å². The molecule has 0 radical (unpaired) electrons. The normalized spacial score (nSPS) is 21.2. The second-order valence-corrected chi connectivity index (χ2v) is 9.33. The highest BCUT2D eigenvalue weighted by Crippen LogP contribution is 2.36. The van der Waals surface area contributed by atoms with Crippen LogP contribution < -0.4 is 0 Å². The Morgan fingerprint density at radius 2 is 1.85 bits per heavy atom. The second kappa shape index (κ2) is 7.52. The van der Waals surface area contributed by atoms with Crippen molar-refractivity contribution in [3.8, 4) is 0 Å². The third-order valence-corrected chi connectivity index (χ3v) is 7.30. The van der Waals surface area contributed by atoms with E-state index in [1.165, 1.54) is 24.3 Å². The first-order valence-corrected chi connectivity index (χ1v) is 10.4. The van der Waals surface area contributed by atoms with E-state index in [1.807, 2.05) is 0 Å². The zero-order valence-corrected chi connectivity index (χ0v) is 16.2. The molecule has 1 aliphatic rings. The third kappa shape index (κ3) is 4.35. The van der Waals surface area contributed by atoms with E-state index >= 15 is 0 Å². The molecule has 146 valence electrons. The Kier molecular flexibility index (Phi) is 5.65. The number of rotatable bonds is 3. The molecule has 2 atom stereocenters. The quantitative estimate of drug-likeness (QED) is 0.576. The van der Waals surface area contributed by atoms with Crippen LogP contribution in [0.4, 0.5) is 17.6 Å². The van der Waals surface area contributed by atoms with Gasteiger partial charge in [-0.25, -0.2) is 12.8 Å². The third-order valence-electron chi connectivity index (χ3n) is 4.48. The molecule has 1 fully saturated rings. The van der Waals surface area contributed by atoms with Gasteiger partial charge in [-0.3, -0.25) is 0 Å². The molecular weight excluding hydrogens is 452 g/mol. The van der Waals surface area contributed by atoms with Gasteiger partial charge in [0.1, 0.15) is 5.82 Å². The molecule has 27 heavy (non-hydrogen) atoms. The Morgan fingerprint density at radius 3 is 2.52 bits per heavy atom. The predicted molar refractivity (Wildman–Crippen MR) is 94.4 cm³/mol. The average Bonchev–Trinajstić information content (AvgIpc) is 2.63. The number of ether oxygens (including phenoxy) is 1. The van der Waals surface area contributed by atoms with E-state index in [0.29, 0.717) is 11.6 Å². The lowest BCUT2D eigenvalue weighted by Crippen LogP contribution is -2.31. The van der Waals surface area contributed by atoms with Crippen molar-refractivity contribution in [2.24, 2.45) is 0 Å². The molecule has 2 unspecified atom stereocenters. The highest BCUT2D eigenvalue weighted by atomic mass is 79.9. The molecular formula is C18H15BrF4O3S. The van der Waals surface area contributed by atoms with Gasteiger partial charge < -0.3 is 4.74 Å². The minimum atomic E-state index is -4.62. The minimum absolute atomic E-state index is 0.0800. The van der Waals surface area contributed by atoms with Crippen molar-refractivity contribution < 1.29 is 30.7 Å². The van der Waals surface area contributed by atoms with E-state index in [-0.39, 0.29) is 28.8 Å². The summed E-state index contributed by atoms with van der Waals surface area (Å²) in [5, 5.41) is -0.886. The van der Waals surface area contributed by atoms with Gasteiger partial charge in [-0.05, 0) is 64.7 Å². The van der Waals surface area contributed by atoms with Crippen LogP contribution in [-0.2, 0) is 20.8 Å². The summed E-state index contributed by atoms with van der Waals surface area (Å²) >= 11 is 3.08. The van der Waals surface area contributed by atoms with Gasteiger partial charge in [-0.2, -0.15) is 13.2 Å². The maximum absolute atomic E-state index is 13.4. The molecule has 0 aromatic heterocycles. The Hall–Kier alpha value is -1.45. The van der Waals surface area contributed by atoms with Crippen LogP contribution in [0.15, 0.2) is 51.8 Å². The van der Waals surface area contributed by atoms with Crippen LogP contribution in [0.3, 0.4) is 0 Å². The smallest absolute Gasteiger partial charge is 0.373 e. The number of halogens is 5. The fraction of sp³-hybridized carbons (Fsp3) is 0.333. The van der Waals surface area contributed by atoms with E-state index < -0.39 is 38.7 Å². The molecule has 2 aromatic carbocycles. The van der Waals surface area contributed by atoms with Gasteiger partial charge in [0.2, 0.25) is 0 Å². The summed E-state index contributed by atoms with van der Waals surface area (Å²) in [6.07, 6.45) is -4.95. The van der Waals surface area contributed by atoms with Gasteiger partial charge in [0.25, 0.3) is 0 Å². The Labute approximate surface area is 162 Å². The Balaban J connectivity index is 1.88. The highest BCUT2D eigenvalue weighted by molar-refractivity contribution is 9.10. The Bertz CT molecular complexity index is 944. The maximum Gasteiger partial charge on any atom is 0.416 e. The number of hydrogen-bond acceptors (Lipinski definition) is 3. The molecule has 0 amide bonds. The fourth-order valence-electron chi connectivity index (χ4n) is 3.04. The van der Waals surface area contributed by atoms with Crippen LogP contribution in [0.25, 0.3) is 0 Å². The standard InChI is InChI=1S/C18H15BrF4O3S/c19-15-8-11(4-5-16(15)20)17-10-14(6-7-26-17)27(24,25)13-3-1-2-12(9-13)18(21,22)23/h1-5,8-9,14,17H,6-7,10H2. The van der Waals surface area contributed by atoms with Crippen LogP contribution in [0.1, 0.15) is 30.1 Å². The molecule has 0 N–H and O–H groups in total. The van der Waals surface area contributed by atoms with E-state index in [9.17, 15) is 26.0 Å². The molecule has 9 heteroatoms. The second-order valence-electron chi connectivity index (χ2n) is 6.25. The van der Waals surface area contributed by atoms with Crippen molar-refractivity contribution >= 4 is 25.8 Å². The summed E-state index contributed by atoms with van der Waals surface area (Å²) in [7, 11) is -3.97. The molecule has 2 aromatic rings. The lowest BCUT2D eigenvalue weighted by molar-refractivity contribution is -0.137. The van der Waals surface area contributed by atoms with Crippen LogP contribution in [0.5, 0.6) is 0 Å². The highest BCUT2D eigenvalue weighted by Gasteiger charge is 2.36. The van der Waals surface area contributed by atoms with Gasteiger partial charge in [-0.15, -0.1) is 0 Å². The van der Waals surface area contributed by atoms with Crippen molar-refractivity contribution in [3.05, 3.63) is 63.9 Å². The molecule has 0 aliphatic carbocycles. The molecule has 3 rings (SSSR count). The zero-order chi connectivity index (χ0) is 19.8. The lowest BCUT2D eigenvalue weighted by Gasteiger charge is -2.30. The van der Waals surface area contributed by atoms with Crippen molar-refractivity contribution in [1.82, 2.24) is 0 Å². The maximum atomic E-state index is 13.4. The summed E-state index contributed by atoms with van der Waals surface area (Å²) < 4.78 is 83.7.